The Kier molecular flexibility index (Phi) is 13.1. The number of benzene rings is 2. The van der Waals surface area contributed by atoms with Gasteiger partial charge in [-0.15, -0.1) is 0 Å². The van der Waals surface area contributed by atoms with E-state index < -0.39 is 6.04 Å². The molecule has 2 heterocycles. The molecule has 5 N–H and O–H groups in total. The van der Waals surface area contributed by atoms with Crippen molar-refractivity contribution in [3.63, 3.8) is 0 Å². The predicted octanol–water partition coefficient (Wildman–Crippen LogP) is 2.84. The number of nitrogens with zero attached hydrogens (tertiary/aromatic N) is 2. The summed E-state index contributed by atoms with van der Waals surface area (Å²) in [6.07, 6.45) is 3.47. The van der Waals surface area contributed by atoms with Crippen molar-refractivity contribution in [2.75, 3.05) is 20.1 Å². The van der Waals surface area contributed by atoms with Crippen LogP contribution in [0.25, 0.3) is 0 Å². The molecule has 0 radical (unpaired) electrons. The van der Waals surface area contributed by atoms with E-state index in [0.29, 0.717) is 29.6 Å². The topological polar surface area (TPSA) is 145 Å². The number of fused-ring (bicyclic) bond motifs is 1. The molecule has 1 unspecified atom stereocenters. The zero-order valence-electron chi connectivity index (χ0n) is 23.7. The van der Waals surface area contributed by atoms with Crippen LogP contribution in [0.15, 0.2) is 48.5 Å². The molecule has 0 saturated carbocycles. The van der Waals surface area contributed by atoms with Gasteiger partial charge in [-0.05, 0) is 55.4 Å². The van der Waals surface area contributed by atoms with Crippen LogP contribution in [0, 0.1) is 0 Å². The average Bonchev–Trinajstić information content (AvgIpc) is 3.33. The number of carbonyl (C=O) groups excluding carboxylic acids is 3. The van der Waals surface area contributed by atoms with E-state index in [4.69, 9.17) is 38.8 Å². The third kappa shape index (κ3) is 9.16. The Morgan fingerprint density at radius 3 is 2.52 bits per heavy atom. The van der Waals surface area contributed by atoms with Crippen LogP contribution in [0.2, 0.25) is 10.0 Å². The minimum absolute atomic E-state index is 0.0863. The van der Waals surface area contributed by atoms with E-state index in [1.807, 2.05) is 18.2 Å². The number of rotatable bonds is 10. The van der Waals surface area contributed by atoms with Gasteiger partial charge in [-0.1, -0.05) is 59.6 Å². The summed E-state index contributed by atoms with van der Waals surface area (Å²) in [4.78, 5) is 51.9. The second-order valence-electron chi connectivity index (χ2n) is 10.5. The summed E-state index contributed by atoms with van der Waals surface area (Å²) in [5.41, 5.74) is 8.40. The van der Waals surface area contributed by atoms with Crippen molar-refractivity contribution in [3.05, 3.63) is 69.7 Å². The summed E-state index contributed by atoms with van der Waals surface area (Å²) in [6.45, 7) is 1.09. The first kappa shape index (κ1) is 33.3. The number of nitrogens with two attached hydrogens (primary N) is 1. The third-order valence-corrected chi connectivity index (χ3v) is 8.51. The zero-order chi connectivity index (χ0) is 30.6. The van der Waals surface area contributed by atoms with E-state index in [-0.39, 0.29) is 61.7 Å². The number of carbonyl (C=O) groups is 4. The van der Waals surface area contributed by atoms with E-state index in [1.54, 1.807) is 30.1 Å². The monoisotopic (exact) mass is 619 g/mol. The predicted molar refractivity (Wildman–Crippen MR) is 162 cm³/mol. The Morgan fingerprint density at radius 1 is 1.14 bits per heavy atom. The summed E-state index contributed by atoms with van der Waals surface area (Å²) in [6, 6.07) is 14.4. The van der Waals surface area contributed by atoms with E-state index >= 15 is 0 Å². The Balaban J connectivity index is 0.00000155. The highest BCUT2D eigenvalue weighted by Gasteiger charge is 2.45. The maximum Gasteiger partial charge on any atom is 0.290 e. The molecular formula is C30H39Cl2N5O5. The maximum atomic E-state index is 13.9. The molecule has 2 saturated heterocycles. The second kappa shape index (κ2) is 16.5. The molecule has 2 aromatic carbocycles. The first-order chi connectivity index (χ1) is 20.2. The number of hydrogen-bond donors (Lipinski definition) is 4. The third-order valence-electron chi connectivity index (χ3n) is 7.77. The van der Waals surface area contributed by atoms with Gasteiger partial charge in [0.05, 0.1) is 16.1 Å². The maximum absolute atomic E-state index is 13.9. The largest absolute Gasteiger partial charge is 0.483 e. The van der Waals surface area contributed by atoms with Crippen molar-refractivity contribution in [2.24, 2.45) is 5.73 Å². The lowest BCUT2D eigenvalue weighted by atomic mass is 10.0. The first-order valence-electron chi connectivity index (χ1n) is 14.0. The van der Waals surface area contributed by atoms with Crippen molar-refractivity contribution in [1.29, 1.82) is 0 Å². The molecule has 2 aliphatic rings. The van der Waals surface area contributed by atoms with Gasteiger partial charge < -0.3 is 26.4 Å². The zero-order valence-corrected chi connectivity index (χ0v) is 25.2. The highest BCUT2D eigenvalue weighted by molar-refractivity contribution is 6.42. The fourth-order valence-electron chi connectivity index (χ4n) is 5.67. The van der Waals surface area contributed by atoms with Crippen LogP contribution in [0.4, 0.5) is 0 Å². The van der Waals surface area contributed by atoms with Gasteiger partial charge in [-0.25, -0.2) is 0 Å². The fourth-order valence-corrected chi connectivity index (χ4v) is 5.99. The minimum Gasteiger partial charge on any atom is -0.483 e. The molecule has 0 aliphatic carbocycles. The quantitative estimate of drug-likeness (QED) is 0.299. The standard InChI is InChI=1S/C29H37Cl2N5O3.CH2O2/c1-33-27(37)12-11-25(28(38)34-17-20-8-10-23(30)24(31)15-20)35-14-13-22(9-7-19-5-3-2-4-6-19)36-18-21(32)16-26(36)29(35)39;2-1-3/h2-6,8,10,15,21-22,25-26H,7,9,11-14,16-18,32H2,1H3,(H,33,37)(H,34,38);1H,(H,2,3)/t21-,22?,25-,26+;/m1./s1. The lowest BCUT2D eigenvalue weighted by molar-refractivity contribution is -0.143. The van der Waals surface area contributed by atoms with Gasteiger partial charge in [0.2, 0.25) is 17.7 Å². The SMILES string of the molecule is CNC(=O)CC[C@H](C(=O)NCc1ccc(Cl)c(Cl)c1)N1CCC(CCc2ccccc2)N2C[C@H](N)C[C@H]2C1=O.O=CO. The molecule has 2 fully saturated rings. The molecule has 228 valence electrons. The lowest BCUT2D eigenvalue weighted by Crippen LogP contribution is -2.53. The second-order valence-corrected chi connectivity index (χ2v) is 11.3. The molecule has 12 heteroatoms. The number of hydrogen-bond acceptors (Lipinski definition) is 6. The number of carboxylic acid groups (broad SMARTS) is 1. The summed E-state index contributed by atoms with van der Waals surface area (Å²) in [5.74, 6) is -0.559. The minimum atomic E-state index is -0.774. The molecule has 0 bridgehead atoms. The van der Waals surface area contributed by atoms with Gasteiger partial charge in [-0.3, -0.25) is 24.1 Å². The summed E-state index contributed by atoms with van der Waals surface area (Å²) in [5, 5.41) is 13.3. The fraction of sp³-hybridized carbons (Fsp3) is 0.467. The van der Waals surface area contributed by atoms with E-state index in [1.165, 1.54) is 5.56 Å². The highest BCUT2D eigenvalue weighted by atomic mass is 35.5. The van der Waals surface area contributed by atoms with Crippen LogP contribution in [0.3, 0.4) is 0 Å². The smallest absolute Gasteiger partial charge is 0.290 e. The first-order valence-corrected chi connectivity index (χ1v) is 14.8. The van der Waals surface area contributed by atoms with Crippen molar-refractivity contribution in [2.45, 2.75) is 69.2 Å². The molecule has 0 aromatic heterocycles. The van der Waals surface area contributed by atoms with Gasteiger partial charge >= 0.3 is 0 Å². The molecule has 42 heavy (non-hydrogen) atoms. The molecule has 4 atom stereocenters. The van der Waals surface area contributed by atoms with E-state index in [9.17, 15) is 14.4 Å². The Labute approximate surface area is 256 Å². The summed E-state index contributed by atoms with van der Waals surface area (Å²) in [7, 11) is 1.56. The average molecular weight is 621 g/mol. The molecule has 2 aliphatic heterocycles. The Hall–Kier alpha value is -3.18. The van der Waals surface area contributed by atoms with Gasteiger partial charge in [0.25, 0.3) is 6.47 Å². The molecule has 4 rings (SSSR count). The molecular weight excluding hydrogens is 581 g/mol. The van der Waals surface area contributed by atoms with Crippen molar-refractivity contribution < 1.29 is 24.3 Å². The van der Waals surface area contributed by atoms with Crippen molar-refractivity contribution >= 4 is 47.4 Å². The number of halogens is 2. The molecule has 0 spiro atoms. The van der Waals surface area contributed by atoms with Gasteiger partial charge in [0, 0.05) is 45.2 Å². The van der Waals surface area contributed by atoms with Crippen molar-refractivity contribution in [3.8, 4) is 0 Å². The van der Waals surface area contributed by atoms with E-state index in [0.717, 1.165) is 24.8 Å². The number of amides is 3. The van der Waals surface area contributed by atoms with Crippen LogP contribution in [0.1, 0.15) is 43.2 Å². The molecule has 10 nitrogen and oxygen atoms in total. The van der Waals surface area contributed by atoms with Crippen LogP contribution in [-0.2, 0) is 32.1 Å². The number of nitrogens with one attached hydrogen (secondary N) is 2. The highest BCUT2D eigenvalue weighted by Crippen LogP contribution is 2.30. The Morgan fingerprint density at radius 2 is 1.86 bits per heavy atom. The van der Waals surface area contributed by atoms with Crippen LogP contribution < -0.4 is 16.4 Å². The number of aryl methyl sites for hydroxylation is 1. The van der Waals surface area contributed by atoms with Crippen LogP contribution in [-0.4, -0.2) is 83.4 Å². The summed E-state index contributed by atoms with van der Waals surface area (Å²) >= 11 is 12.2. The van der Waals surface area contributed by atoms with Crippen LogP contribution >= 0.6 is 23.2 Å². The van der Waals surface area contributed by atoms with Crippen molar-refractivity contribution in [1.82, 2.24) is 20.4 Å². The lowest BCUT2D eigenvalue weighted by Gasteiger charge is -2.32. The van der Waals surface area contributed by atoms with Gasteiger partial charge in [-0.2, -0.15) is 0 Å². The summed E-state index contributed by atoms with van der Waals surface area (Å²) < 4.78 is 0. The van der Waals surface area contributed by atoms with Gasteiger partial charge in [0.15, 0.2) is 0 Å². The van der Waals surface area contributed by atoms with E-state index in [2.05, 4.69) is 27.7 Å². The molecule has 3 amide bonds. The Bertz CT molecular complexity index is 1220. The van der Waals surface area contributed by atoms with Gasteiger partial charge in [0.1, 0.15) is 6.04 Å². The normalized spacial score (nSPS) is 20.9. The van der Waals surface area contributed by atoms with Crippen LogP contribution in [0.5, 0.6) is 0 Å². The molecule has 2 aromatic rings.